The molecule has 4 saturated carbocycles. The Labute approximate surface area is 215 Å². The second-order valence-corrected chi connectivity index (χ2v) is 14.2. The molecule has 6 atom stereocenters. The van der Waals surface area contributed by atoms with E-state index >= 15 is 0 Å². The highest BCUT2D eigenvalue weighted by Crippen LogP contribution is 2.75. The van der Waals surface area contributed by atoms with Gasteiger partial charge in [0.2, 0.25) is 0 Å². The van der Waals surface area contributed by atoms with E-state index in [1.165, 1.54) is 11.1 Å². The number of carbonyl (C=O) groups is 1. The molecule has 0 spiro atoms. The van der Waals surface area contributed by atoms with Crippen molar-refractivity contribution in [3.8, 4) is 11.5 Å². The lowest BCUT2D eigenvalue weighted by atomic mass is 9.34. The summed E-state index contributed by atoms with van der Waals surface area (Å²) in [6.45, 7) is 13.6. The summed E-state index contributed by atoms with van der Waals surface area (Å²) in [5, 5.41) is 32.1. The third-order valence-corrected chi connectivity index (χ3v) is 12.3. The first-order chi connectivity index (χ1) is 16.7. The number of rotatable bonds is 1. The molecular formula is C32H42O4. The van der Waals surface area contributed by atoms with Gasteiger partial charge in [0.15, 0.2) is 17.3 Å². The van der Waals surface area contributed by atoms with Gasteiger partial charge in [-0.05, 0) is 116 Å². The van der Waals surface area contributed by atoms with Gasteiger partial charge in [0, 0.05) is 22.0 Å². The van der Waals surface area contributed by atoms with Crippen LogP contribution in [0.1, 0.15) is 114 Å². The quantitative estimate of drug-likeness (QED) is 0.277. The highest BCUT2D eigenvalue weighted by Gasteiger charge is 2.67. The van der Waals surface area contributed by atoms with E-state index < -0.39 is 0 Å². The second kappa shape index (κ2) is 6.99. The zero-order valence-electron chi connectivity index (χ0n) is 22.8. The largest absolute Gasteiger partial charge is 0.512 e. The van der Waals surface area contributed by atoms with E-state index in [0.717, 1.165) is 63.4 Å². The van der Waals surface area contributed by atoms with Gasteiger partial charge in [-0.2, -0.15) is 0 Å². The highest BCUT2D eigenvalue weighted by molar-refractivity contribution is 6.10. The fraction of sp³-hybridized carbons (Fsp3) is 0.656. The van der Waals surface area contributed by atoms with Crippen LogP contribution in [0.4, 0.5) is 0 Å². The van der Waals surface area contributed by atoms with E-state index in [2.05, 4.69) is 34.6 Å². The van der Waals surface area contributed by atoms with Gasteiger partial charge in [0.1, 0.15) is 0 Å². The summed E-state index contributed by atoms with van der Waals surface area (Å²) < 4.78 is 0. The Hall–Kier alpha value is -2.23. The Morgan fingerprint density at radius 2 is 1.61 bits per heavy atom. The zero-order valence-corrected chi connectivity index (χ0v) is 22.8. The van der Waals surface area contributed by atoms with Crippen molar-refractivity contribution in [1.82, 2.24) is 0 Å². The minimum atomic E-state index is -0.350. The first kappa shape index (κ1) is 24.1. The minimum absolute atomic E-state index is 0.00725. The Kier molecular flexibility index (Phi) is 4.69. The van der Waals surface area contributed by atoms with Crippen LogP contribution in [0.5, 0.6) is 11.5 Å². The molecule has 4 nitrogen and oxygen atoms in total. The molecule has 1 aromatic carbocycles. The summed E-state index contributed by atoms with van der Waals surface area (Å²) >= 11 is 0. The van der Waals surface area contributed by atoms with Gasteiger partial charge in [-0.1, -0.05) is 34.6 Å². The normalized spacial score (nSPS) is 43.1. The first-order valence-electron chi connectivity index (χ1n) is 13.9. The maximum Gasteiger partial charge on any atom is 0.186 e. The monoisotopic (exact) mass is 490 g/mol. The smallest absolute Gasteiger partial charge is 0.186 e. The second-order valence-electron chi connectivity index (χ2n) is 14.2. The van der Waals surface area contributed by atoms with Gasteiger partial charge < -0.3 is 15.3 Å². The number of aliphatic hydroxyl groups is 1. The third-order valence-electron chi connectivity index (χ3n) is 12.3. The summed E-state index contributed by atoms with van der Waals surface area (Å²) in [5.74, 6) is 0.763. The number of aliphatic hydroxyl groups excluding tert-OH is 1. The number of phenolic OH excluding ortho intramolecular Hbond substituents is 2. The van der Waals surface area contributed by atoms with Crippen LogP contribution in [0, 0.1) is 34.5 Å². The highest BCUT2D eigenvalue weighted by atomic mass is 16.3. The zero-order chi connectivity index (χ0) is 26.1. The summed E-state index contributed by atoms with van der Waals surface area (Å²) in [5.41, 5.74) is 3.99. The van der Waals surface area contributed by atoms with E-state index in [0.29, 0.717) is 22.8 Å². The van der Waals surface area contributed by atoms with Crippen LogP contribution < -0.4 is 0 Å². The van der Waals surface area contributed by atoms with Crippen LogP contribution in [0.2, 0.25) is 0 Å². The molecule has 36 heavy (non-hydrogen) atoms. The van der Waals surface area contributed by atoms with Crippen LogP contribution in [0.25, 0.3) is 0 Å². The molecule has 0 saturated heterocycles. The predicted molar refractivity (Wildman–Crippen MR) is 141 cm³/mol. The molecule has 4 heteroatoms. The van der Waals surface area contributed by atoms with Crippen molar-refractivity contribution in [1.29, 1.82) is 0 Å². The molecule has 0 heterocycles. The first-order valence-corrected chi connectivity index (χ1v) is 13.9. The predicted octanol–water partition coefficient (Wildman–Crippen LogP) is 7.81. The lowest BCUT2D eigenvalue weighted by molar-refractivity contribution is -0.157. The van der Waals surface area contributed by atoms with Gasteiger partial charge in [-0.3, -0.25) is 4.79 Å². The molecule has 4 fully saturated rings. The van der Waals surface area contributed by atoms with E-state index in [1.807, 2.05) is 6.08 Å². The number of phenols is 2. The molecule has 0 radical (unpaired) electrons. The number of carbonyl (C=O) groups excluding carboxylic acids is 1. The van der Waals surface area contributed by atoms with E-state index in [4.69, 9.17) is 0 Å². The number of hydrogen-bond acceptors (Lipinski definition) is 4. The average molecular weight is 491 g/mol. The maximum absolute atomic E-state index is 13.6. The standard InChI is InChI=1S/C32H42O4/c1-18-25-20(15-22(34)26(18)35)30(4)12-14-32(6)24-17-29(3,27(36)19-7-8-19)10-9-28(24,2)11-13-31(32,5)23(30)16-21(25)33/h15-16,24,34-36H,7-14,17H2,1-6H3/t24?,28?,29-,30+,31-,32+/m1/s1. The fourth-order valence-corrected chi connectivity index (χ4v) is 9.46. The molecular weight excluding hydrogens is 448 g/mol. The van der Waals surface area contributed by atoms with Crippen LogP contribution in [0.3, 0.4) is 0 Å². The van der Waals surface area contributed by atoms with E-state index in [-0.39, 0.29) is 44.4 Å². The third kappa shape index (κ3) is 2.79. The molecule has 0 aromatic heterocycles. The molecule has 2 unspecified atom stereocenters. The van der Waals surface area contributed by atoms with Crippen LogP contribution in [-0.4, -0.2) is 21.1 Å². The van der Waals surface area contributed by atoms with Gasteiger partial charge in [0.25, 0.3) is 0 Å². The van der Waals surface area contributed by atoms with Crippen molar-refractivity contribution >= 4 is 5.78 Å². The molecule has 5 aliphatic rings. The average Bonchev–Trinajstić information content (AvgIpc) is 3.67. The summed E-state index contributed by atoms with van der Waals surface area (Å²) in [6, 6.07) is 1.65. The molecule has 5 aliphatic carbocycles. The van der Waals surface area contributed by atoms with Gasteiger partial charge >= 0.3 is 0 Å². The molecule has 0 bridgehead atoms. The maximum atomic E-state index is 13.6. The van der Waals surface area contributed by atoms with Crippen LogP contribution in [-0.2, 0) is 5.41 Å². The number of hydrogen-bond donors (Lipinski definition) is 3. The number of benzene rings is 1. The SMILES string of the molecule is Cc1c(O)c(O)cc2c1C(=O)C=C1[C@@]2(C)CC[C@@]2(C)C3C[C@](C)(C(O)=C4CC4)CCC3(C)CC[C@]12C. The van der Waals surface area contributed by atoms with Crippen molar-refractivity contribution in [2.45, 2.75) is 105 Å². The summed E-state index contributed by atoms with van der Waals surface area (Å²) in [6.07, 6.45) is 11.3. The minimum Gasteiger partial charge on any atom is -0.512 e. The molecule has 3 N–H and O–H groups in total. The summed E-state index contributed by atoms with van der Waals surface area (Å²) in [7, 11) is 0. The van der Waals surface area contributed by atoms with E-state index in [1.54, 1.807) is 13.0 Å². The van der Waals surface area contributed by atoms with Gasteiger partial charge in [-0.25, -0.2) is 0 Å². The van der Waals surface area contributed by atoms with E-state index in [9.17, 15) is 20.1 Å². The molecule has 0 amide bonds. The Morgan fingerprint density at radius 1 is 0.944 bits per heavy atom. The van der Waals surface area contributed by atoms with Crippen molar-refractivity contribution < 1.29 is 20.1 Å². The van der Waals surface area contributed by atoms with Crippen LogP contribution in [0.15, 0.2) is 29.0 Å². The van der Waals surface area contributed by atoms with Crippen molar-refractivity contribution in [3.05, 3.63) is 45.7 Å². The van der Waals surface area contributed by atoms with Gasteiger partial charge in [0.05, 0.1) is 5.76 Å². The lowest BCUT2D eigenvalue weighted by Crippen LogP contribution is -2.62. The molecule has 1 aromatic rings. The lowest BCUT2D eigenvalue weighted by Gasteiger charge is -2.70. The van der Waals surface area contributed by atoms with Gasteiger partial charge in [-0.15, -0.1) is 0 Å². The van der Waals surface area contributed by atoms with Crippen molar-refractivity contribution in [2.24, 2.45) is 27.6 Å². The van der Waals surface area contributed by atoms with Crippen molar-refractivity contribution in [3.63, 3.8) is 0 Å². The molecule has 6 rings (SSSR count). The Bertz CT molecular complexity index is 1270. The van der Waals surface area contributed by atoms with Crippen molar-refractivity contribution in [2.75, 3.05) is 0 Å². The fourth-order valence-electron chi connectivity index (χ4n) is 9.46. The number of fused-ring (bicyclic) bond motifs is 7. The summed E-state index contributed by atoms with van der Waals surface area (Å²) in [4.78, 5) is 13.6. The Balaban J connectivity index is 1.48. The number of ketones is 1. The molecule has 0 aliphatic heterocycles. The van der Waals surface area contributed by atoms with Crippen LogP contribution >= 0.6 is 0 Å². The topological polar surface area (TPSA) is 77.8 Å². The molecule has 194 valence electrons. The number of allylic oxidation sites excluding steroid dienone is 4. The number of aromatic hydroxyl groups is 2. The Morgan fingerprint density at radius 3 is 2.28 bits per heavy atom.